The first kappa shape index (κ1) is 21.8. The molecule has 0 fully saturated rings. The molecule has 0 saturated carbocycles. The molecule has 2 amide bonds. The van der Waals surface area contributed by atoms with Crippen LogP contribution in [-0.2, 0) is 6.42 Å². The monoisotopic (exact) mass is 430 g/mol. The van der Waals surface area contributed by atoms with E-state index in [0.29, 0.717) is 18.3 Å². The van der Waals surface area contributed by atoms with Crippen LogP contribution in [0.4, 0.5) is 4.79 Å². The Morgan fingerprint density at radius 1 is 1.03 bits per heavy atom. The number of amides is 2. The molecule has 2 aromatic carbocycles. The maximum absolute atomic E-state index is 13.0. The molecule has 166 valence electrons. The molecule has 1 unspecified atom stereocenters. The van der Waals surface area contributed by atoms with E-state index < -0.39 is 0 Å². The van der Waals surface area contributed by atoms with Gasteiger partial charge in [-0.15, -0.1) is 0 Å². The third-order valence-corrected chi connectivity index (χ3v) is 6.02. The molecular formula is C26H30N4O2. The first-order valence-electron chi connectivity index (χ1n) is 11.3. The van der Waals surface area contributed by atoms with Crippen LogP contribution in [0.5, 0.6) is 0 Å². The van der Waals surface area contributed by atoms with E-state index in [2.05, 4.69) is 48.6 Å². The summed E-state index contributed by atoms with van der Waals surface area (Å²) in [6.45, 7) is 8.91. The largest absolute Gasteiger partial charge is 0.334 e. The second-order valence-electron chi connectivity index (χ2n) is 8.27. The molecule has 1 aliphatic rings. The first-order chi connectivity index (χ1) is 15.5. The van der Waals surface area contributed by atoms with Crippen molar-refractivity contribution in [3.8, 4) is 11.4 Å². The molecule has 0 aliphatic carbocycles. The average Bonchev–Trinajstić information content (AvgIpc) is 3.29. The van der Waals surface area contributed by atoms with Gasteiger partial charge in [0.1, 0.15) is 0 Å². The van der Waals surface area contributed by atoms with Crippen molar-refractivity contribution in [3.63, 3.8) is 0 Å². The third kappa shape index (κ3) is 4.31. The minimum Gasteiger partial charge on any atom is -0.334 e. The van der Waals surface area contributed by atoms with Crippen molar-refractivity contribution in [3.05, 3.63) is 76.8 Å². The van der Waals surface area contributed by atoms with Crippen LogP contribution in [-0.4, -0.2) is 27.6 Å². The van der Waals surface area contributed by atoms with E-state index in [9.17, 15) is 4.79 Å². The van der Waals surface area contributed by atoms with Gasteiger partial charge in [0.2, 0.25) is 5.82 Å². The van der Waals surface area contributed by atoms with Crippen LogP contribution in [0.25, 0.3) is 17.0 Å². The number of aromatic nitrogens is 2. The Morgan fingerprint density at radius 3 is 2.41 bits per heavy atom. The molecule has 6 heteroatoms. The van der Waals surface area contributed by atoms with Gasteiger partial charge >= 0.3 is 6.03 Å². The second kappa shape index (κ2) is 9.39. The zero-order valence-electron chi connectivity index (χ0n) is 19.2. The number of unbranched alkanes of at least 4 members (excludes halogenated alkanes) is 1. The number of carbonyl (C=O) groups is 1. The summed E-state index contributed by atoms with van der Waals surface area (Å²) >= 11 is 0. The predicted octanol–water partition coefficient (Wildman–Crippen LogP) is 5.91. The molecule has 1 N–H and O–H groups in total. The Bertz CT molecular complexity index is 1110. The zero-order valence-corrected chi connectivity index (χ0v) is 19.2. The van der Waals surface area contributed by atoms with Crippen LogP contribution in [0.15, 0.2) is 58.8 Å². The first-order valence-corrected chi connectivity index (χ1v) is 11.3. The van der Waals surface area contributed by atoms with Crippen molar-refractivity contribution in [2.45, 2.75) is 53.0 Å². The van der Waals surface area contributed by atoms with Crippen molar-refractivity contribution >= 4 is 11.6 Å². The summed E-state index contributed by atoms with van der Waals surface area (Å²) in [7, 11) is 0. The van der Waals surface area contributed by atoms with E-state index in [1.807, 2.05) is 38.1 Å². The molecule has 0 radical (unpaired) electrons. The number of benzene rings is 2. The molecule has 2 heterocycles. The molecule has 4 rings (SSSR count). The Morgan fingerprint density at radius 2 is 1.75 bits per heavy atom. The Labute approximate surface area is 189 Å². The van der Waals surface area contributed by atoms with Gasteiger partial charge in [-0.05, 0) is 37.8 Å². The molecule has 6 nitrogen and oxygen atoms in total. The number of nitrogens with zero attached hydrogens (tertiary/aromatic N) is 3. The van der Waals surface area contributed by atoms with Crippen LogP contribution < -0.4 is 5.32 Å². The molecule has 1 atom stereocenters. The number of hydrogen-bond donors (Lipinski definition) is 1. The summed E-state index contributed by atoms with van der Waals surface area (Å²) in [4.78, 5) is 19.5. The van der Waals surface area contributed by atoms with Crippen LogP contribution >= 0.6 is 0 Å². The van der Waals surface area contributed by atoms with Crippen LogP contribution in [0.2, 0.25) is 0 Å². The normalized spacial score (nSPS) is 16.4. The molecule has 1 aromatic heterocycles. The van der Waals surface area contributed by atoms with E-state index >= 15 is 0 Å². The minimum absolute atomic E-state index is 0.0949. The fourth-order valence-electron chi connectivity index (χ4n) is 3.99. The summed E-state index contributed by atoms with van der Waals surface area (Å²) in [6.07, 6.45) is 2.90. The zero-order chi connectivity index (χ0) is 22.7. The molecule has 1 aliphatic heterocycles. The molecule has 0 saturated heterocycles. The van der Waals surface area contributed by atoms with Crippen molar-refractivity contribution in [2.75, 3.05) is 6.54 Å². The lowest BCUT2D eigenvalue weighted by Crippen LogP contribution is -2.46. The number of nitrogens with one attached hydrogen (secondary N) is 1. The Kier molecular flexibility index (Phi) is 6.40. The average molecular weight is 431 g/mol. The highest BCUT2D eigenvalue weighted by Crippen LogP contribution is 2.37. The fraction of sp³-hybridized carbons (Fsp3) is 0.346. The summed E-state index contributed by atoms with van der Waals surface area (Å²) in [6, 6.07) is 15.9. The Balaban J connectivity index is 1.77. The highest BCUT2D eigenvalue weighted by molar-refractivity contribution is 5.86. The number of aryl methyl sites for hydroxylation is 2. The van der Waals surface area contributed by atoms with Gasteiger partial charge in [0, 0.05) is 17.8 Å². The molecule has 0 spiro atoms. The third-order valence-electron chi connectivity index (χ3n) is 6.02. The smallest absolute Gasteiger partial charge is 0.322 e. The number of carbonyl (C=O) groups excluding carboxylic acids is 1. The molecule has 0 bridgehead atoms. The summed E-state index contributed by atoms with van der Waals surface area (Å²) in [5.74, 6) is 0.974. The lowest BCUT2D eigenvalue weighted by molar-refractivity contribution is 0.204. The van der Waals surface area contributed by atoms with Gasteiger partial charge in [0.25, 0.3) is 5.89 Å². The standard InChI is InChI=1S/C26H30N4O2/c1-5-7-16-30-18(4)22(23(27-26(30)31)20-14-10-19(6-2)11-15-20)25-28-24(29-32-25)21-12-8-17(3)9-13-21/h8-15,23H,5-7,16H2,1-4H3,(H,27,31). The summed E-state index contributed by atoms with van der Waals surface area (Å²) in [5, 5.41) is 7.40. The molecule has 3 aromatic rings. The van der Waals surface area contributed by atoms with Gasteiger partial charge in [-0.2, -0.15) is 4.98 Å². The van der Waals surface area contributed by atoms with Crippen molar-refractivity contribution in [2.24, 2.45) is 0 Å². The van der Waals surface area contributed by atoms with Crippen LogP contribution in [0, 0.1) is 6.92 Å². The maximum atomic E-state index is 13.0. The lowest BCUT2D eigenvalue weighted by Gasteiger charge is -2.35. The van der Waals surface area contributed by atoms with E-state index in [1.165, 1.54) is 11.1 Å². The van der Waals surface area contributed by atoms with Gasteiger partial charge in [0.05, 0.1) is 11.6 Å². The highest BCUT2D eigenvalue weighted by Gasteiger charge is 2.35. The maximum Gasteiger partial charge on any atom is 0.322 e. The van der Waals surface area contributed by atoms with Crippen molar-refractivity contribution in [1.29, 1.82) is 0 Å². The topological polar surface area (TPSA) is 71.3 Å². The van der Waals surface area contributed by atoms with Gasteiger partial charge in [0.15, 0.2) is 0 Å². The highest BCUT2D eigenvalue weighted by atomic mass is 16.5. The van der Waals surface area contributed by atoms with Gasteiger partial charge in [-0.3, -0.25) is 4.90 Å². The van der Waals surface area contributed by atoms with E-state index in [0.717, 1.165) is 41.7 Å². The van der Waals surface area contributed by atoms with Crippen LogP contribution in [0.1, 0.15) is 62.2 Å². The van der Waals surface area contributed by atoms with Gasteiger partial charge in [-0.1, -0.05) is 79.5 Å². The van der Waals surface area contributed by atoms with Crippen molar-refractivity contribution < 1.29 is 9.32 Å². The number of hydrogen-bond acceptors (Lipinski definition) is 4. The number of rotatable bonds is 7. The van der Waals surface area contributed by atoms with Crippen LogP contribution in [0.3, 0.4) is 0 Å². The van der Waals surface area contributed by atoms with Gasteiger partial charge in [-0.25, -0.2) is 4.79 Å². The summed E-state index contributed by atoms with van der Waals surface area (Å²) in [5.41, 5.74) is 6.02. The summed E-state index contributed by atoms with van der Waals surface area (Å²) < 4.78 is 5.75. The SMILES string of the molecule is CCCCN1C(=O)NC(c2ccc(CC)cc2)C(c2nc(-c3ccc(C)cc3)no2)=C1C. The van der Waals surface area contributed by atoms with E-state index in [-0.39, 0.29) is 12.1 Å². The lowest BCUT2D eigenvalue weighted by atomic mass is 9.93. The number of allylic oxidation sites excluding steroid dienone is 1. The second-order valence-corrected chi connectivity index (χ2v) is 8.27. The predicted molar refractivity (Wildman–Crippen MR) is 126 cm³/mol. The van der Waals surface area contributed by atoms with E-state index in [4.69, 9.17) is 9.51 Å². The van der Waals surface area contributed by atoms with Crippen molar-refractivity contribution in [1.82, 2.24) is 20.4 Å². The van der Waals surface area contributed by atoms with Gasteiger partial charge < -0.3 is 9.84 Å². The number of urea groups is 1. The Hall–Kier alpha value is -3.41. The van der Waals surface area contributed by atoms with E-state index in [1.54, 1.807) is 4.90 Å². The molecular weight excluding hydrogens is 400 g/mol. The minimum atomic E-state index is -0.349. The molecule has 32 heavy (non-hydrogen) atoms. The quantitative estimate of drug-likeness (QED) is 0.506. The fourth-order valence-corrected chi connectivity index (χ4v) is 3.99.